The van der Waals surface area contributed by atoms with Crippen LogP contribution in [0.5, 0.6) is 0 Å². The highest BCUT2D eigenvalue weighted by atomic mass is 32.1. The van der Waals surface area contributed by atoms with E-state index in [0.717, 1.165) is 4.88 Å². The molecule has 1 aliphatic carbocycles. The van der Waals surface area contributed by atoms with Crippen LogP contribution in [-0.4, -0.2) is 17.0 Å². The van der Waals surface area contributed by atoms with Crippen molar-refractivity contribution in [2.75, 3.05) is 0 Å². The lowest BCUT2D eigenvalue weighted by atomic mass is 10.1. The first-order valence-electron chi connectivity index (χ1n) is 5.90. The highest BCUT2D eigenvalue weighted by Gasteiger charge is 2.65. The molecule has 2 N–H and O–H groups in total. The van der Waals surface area contributed by atoms with E-state index in [2.05, 4.69) is 5.32 Å². The Bertz CT molecular complexity index is 492. The van der Waals surface area contributed by atoms with Crippen molar-refractivity contribution in [2.24, 2.45) is 17.3 Å². The van der Waals surface area contributed by atoms with Gasteiger partial charge in [-0.05, 0) is 24.5 Å². The molecule has 2 atom stereocenters. The summed E-state index contributed by atoms with van der Waals surface area (Å²) in [5, 5.41) is 11.8. The Kier molecular flexibility index (Phi) is 3.19. The standard InChI is InChI=1S/C13H17NO3S/c1-7-4-5-8(18-7)6-14-11(15)9-10(12(16)17)13(9,2)3/h4-5,9-10H,6H2,1-3H3,(H,14,15)(H,16,17). The molecular weight excluding hydrogens is 250 g/mol. The van der Waals surface area contributed by atoms with Crippen LogP contribution >= 0.6 is 11.3 Å². The Morgan fingerprint density at radius 3 is 2.50 bits per heavy atom. The van der Waals surface area contributed by atoms with Crippen molar-refractivity contribution >= 4 is 23.2 Å². The molecule has 1 saturated carbocycles. The molecule has 1 fully saturated rings. The van der Waals surface area contributed by atoms with Crippen LogP contribution in [0.3, 0.4) is 0 Å². The zero-order valence-corrected chi connectivity index (χ0v) is 11.5. The van der Waals surface area contributed by atoms with Crippen molar-refractivity contribution in [3.8, 4) is 0 Å². The summed E-state index contributed by atoms with van der Waals surface area (Å²) in [6.45, 7) is 6.15. The predicted molar refractivity (Wildman–Crippen MR) is 69.3 cm³/mol. The SMILES string of the molecule is Cc1ccc(CNC(=O)C2C(C(=O)O)C2(C)C)s1. The molecule has 1 aromatic heterocycles. The van der Waals surface area contributed by atoms with Crippen LogP contribution in [0.2, 0.25) is 0 Å². The number of hydrogen-bond donors (Lipinski definition) is 2. The maximum absolute atomic E-state index is 11.9. The normalized spacial score (nSPS) is 24.6. The van der Waals surface area contributed by atoms with Gasteiger partial charge in [0.1, 0.15) is 0 Å². The van der Waals surface area contributed by atoms with E-state index in [-0.39, 0.29) is 5.91 Å². The summed E-state index contributed by atoms with van der Waals surface area (Å²) < 4.78 is 0. The summed E-state index contributed by atoms with van der Waals surface area (Å²) in [5.74, 6) is -2.00. The van der Waals surface area contributed by atoms with Crippen molar-refractivity contribution in [3.63, 3.8) is 0 Å². The number of amides is 1. The van der Waals surface area contributed by atoms with Crippen molar-refractivity contribution in [3.05, 3.63) is 21.9 Å². The lowest BCUT2D eigenvalue weighted by Gasteiger charge is -2.04. The quantitative estimate of drug-likeness (QED) is 0.877. The molecule has 18 heavy (non-hydrogen) atoms. The zero-order chi connectivity index (χ0) is 13.5. The van der Waals surface area contributed by atoms with E-state index in [1.165, 1.54) is 4.88 Å². The molecule has 1 aromatic rings. The fourth-order valence-electron chi connectivity index (χ4n) is 2.45. The second kappa shape index (κ2) is 4.39. The first-order chi connectivity index (χ1) is 8.34. The minimum Gasteiger partial charge on any atom is -0.481 e. The number of carbonyl (C=O) groups excluding carboxylic acids is 1. The summed E-state index contributed by atoms with van der Waals surface area (Å²) >= 11 is 1.64. The molecular formula is C13H17NO3S. The number of nitrogens with one attached hydrogen (secondary N) is 1. The lowest BCUT2D eigenvalue weighted by molar-refractivity contribution is -0.140. The minimum atomic E-state index is -0.882. The highest BCUT2D eigenvalue weighted by molar-refractivity contribution is 7.11. The topological polar surface area (TPSA) is 66.4 Å². The van der Waals surface area contributed by atoms with E-state index in [1.807, 2.05) is 32.9 Å². The van der Waals surface area contributed by atoms with Gasteiger partial charge in [-0.3, -0.25) is 9.59 Å². The number of carboxylic acids is 1. The van der Waals surface area contributed by atoms with Crippen molar-refractivity contribution < 1.29 is 14.7 Å². The van der Waals surface area contributed by atoms with Crippen LogP contribution in [0.4, 0.5) is 0 Å². The first-order valence-corrected chi connectivity index (χ1v) is 6.71. The Labute approximate surface area is 110 Å². The molecule has 0 saturated heterocycles. The van der Waals surface area contributed by atoms with Crippen LogP contribution in [-0.2, 0) is 16.1 Å². The fourth-order valence-corrected chi connectivity index (χ4v) is 3.28. The largest absolute Gasteiger partial charge is 0.481 e. The third-order valence-electron chi connectivity index (χ3n) is 3.61. The molecule has 98 valence electrons. The van der Waals surface area contributed by atoms with Gasteiger partial charge in [0.05, 0.1) is 18.4 Å². The van der Waals surface area contributed by atoms with Gasteiger partial charge in [-0.15, -0.1) is 11.3 Å². The first kappa shape index (κ1) is 13.1. The second-order valence-corrected chi connectivity index (χ2v) is 6.72. The Balaban J connectivity index is 1.92. The van der Waals surface area contributed by atoms with Crippen LogP contribution < -0.4 is 5.32 Å². The Morgan fingerprint density at radius 2 is 2.06 bits per heavy atom. The van der Waals surface area contributed by atoms with Crippen LogP contribution in [0.25, 0.3) is 0 Å². The van der Waals surface area contributed by atoms with Gasteiger partial charge >= 0.3 is 5.97 Å². The van der Waals surface area contributed by atoms with Gasteiger partial charge in [0.15, 0.2) is 0 Å². The maximum atomic E-state index is 11.9. The Hall–Kier alpha value is -1.36. The average molecular weight is 267 g/mol. The molecule has 1 aliphatic rings. The molecule has 1 amide bonds. The molecule has 1 heterocycles. The van der Waals surface area contributed by atoms with Crippen molar-refractivity contribution in [1.29, 1.82) is 0 Å². The number of thiophene rings is 1. The smallest absolute Gasteiger partial charge is 0.307 e. The third-order valence-corrected chi connectivity index (χ3v) is 4.61. The lowest BCUT2D eigenvalue weighted by Crippen LogP contribution is -2.26. The van der Waals surface area contributed by atoms with E-state index in [1.54, 1.807) is 11.3 Å². The molecule has 0 aliphatic heterocycles. The summed E-state index contributed by atoms with van der Waals surface area (Å²) in [5.41, 5.74) is -0.429. The van der Waals surface area contributed by atoms with Crippen LogP contribution in [0.1, 0.15) is 23.6 Å². The van der Waals surface area contributed by atoms with Gasteiger partial charge < -0.3 is 10.4 Å². The monoisotopic (exact) mass is 267 g/mol. The molecule has 0 spiro atoms. The van der Waals surface area contributed by atoms with E-state index in [4.69, 9.17) is 5.11 Å². The van der Waals surface area contributed by atoms with E-state index in [0.29, 0.717) is 6.54 Å². The van der Waals surface area contributed by atoms with Gasteiger partial charge in [0.25, 0.3) is 0 Å². The molecule has 5 heteroatoms. The van der Waals surface area contributed by atoms with E-state index < -0.39 is 23.2 Å². The molecule has 0 aromatic carbocycles. The molecule has 4 nitrogen and oxygen atoms in total. The number of hydrogen-bond acceptors (Lipinski definition) is 3. The van der Waals surface area contributed by atoms with Gasteiger partial charge in [-0.1, -0.05) is 13.8 Å². The van der Waals surface area contributed by atoms with Gasteiger partial charge in [-0.25, -0.2) is 0 Å². The fraction of sp³-hybridized carbons (Fsp3) is 0.538. The average Bonchev–Trinajstić information content (AvgIpc) is 2.63. The van der Waals surface area contributed by atoms with Gasteiger partial charge in [0, 0.05) is 9.75 Å². The summed E-state index contributed by atoms with van der Waals surface area (Å²) in [6, 6.07) is 3.99. The maximum Gasteiger partial charge on any atom is 0.307 e. The molecule has 2 rings (SSSR count). The van der Waals surface area contributed by atoms with Gasteiger partial charge in [0.2, 0.25) is 5.91 Å². The number of rotatable bonds is 4. The van der Waals surface area contributed by atoms with Gasteiger partial charge in [-0.2, -0.15) is 0 Å². The number of carbonyl (C=O) groups is 2. The minimum absolute atomic E-state index is 0.154. The zero-order valence-electron chi connectivity index (χ0n) is 10.7. The molecule has 0 bridgehead atoms. The van der Waals surface area contributed by atoms with Crippen molar-refractivity contribution in [1.82, 2.24) is 5.32 Å². The second-order valence-electron chi connectivity index (χ2n) is 5.35. The highest BCUT2D eigenvalue weighted by Crippen LogP contribution is 2.58. The van der Waals surface area contributed by atoms with E-state index in [9.17, 15) is 9.59 Å². The summed E-state index contributed by atoms with van der Waals surface area (Å²) in [6.07, 6.45) is 0. The van der Waals surface area contributed by atoms with Crippen LogP contribution in [0, 0.1) is 24.2 Å². The molecule has 0 radical (unpaired) electrons. The van der Waals surface area contributed by atoms with E-state index >= 15 is 0 Å². The predicted octanol–water partition coefficient (Wildman–Crippen LogP) is 2.03. The Morgan fingerprint density at radius 1 is 1.39 bits per heavy atom. The number of aryl methyl sites for hydroxylation is 1. The van der Waals surface area contributed by atoms with Crippen LogP contribution in [0.15, 0.2) is 12.1 Å². The molecule has 2 unspecified atom stereocenters. The third kappa shape index (κ3) is 2.27. The number of aliphatic carboxylic acids is 1. The van der Waals surface area contributed by atoms with Crippen molar-refractivity contribution in [2.45, 2.75) is 27.3 Å². The summed E-state index contributed by atoms with van der Waals surface area (Å²) in [7, 11) is 0. The summed E-state index contributed by atoms with van der Waals surface area (Å²) in [4.78, 5) is 25.2. The number of carboxylic acid groups (broad SMARTS) is 1.